The monoisotopic (exact) mass is 454 g/mol. The van der Waals surface area contributed by atoms with Crippen molar-refractivity contribution in [1.29, 1.82) is 0 Å². The fourth-order valence-corrected chi connectivity index (χ4v) is 4.71. The Morgan fingerprint density at radius 2 is 1.94 bits per heavy atom. The fraction of sp³-hybridized carbons (Fsp3) is 0.286. The quantitative estimate of drug-likeness (QED) is 0.344. The molecule has 0 bridgehead atoms. The minimum atomic E-state index is -0.258. The second-order valence-corrected chi connectivity index (χ2v) is 8.88. The Morgan fingerprint density at radius 3 is 2.71 bits per heavy atom. The Balaban J connectivity index is 1.14. The lowest BCUT2D eigenvalue weighted by Gasteiger charge is -2.26. The number of anilines is 1. The van der Waals surface area contributed by atoms with Crippen molar-refractivity contribution >= 4 is 28.2 Å². The van der Waals surface area contributed by atoms with Gasteiger partial charge in [-0.3, -0.25) is 9.69 Å². The number of unbranched alkanes of at least 4 members (excludes halogenated alkanes) is 1. The Hall–Kier alpha value is -3.64. The van der Waals surface area contributed by atoms with Crippen LogP contribution >= 0.6 is 0 Å². The van der Waals surface area contributed by atoms with E-state index in [0.717, 1.165) is 67.7 Å². The maximum atomic E-state index is 12.3. The van der Waals surface area contributed by atoms with Crippen LogP contribution in [-0.2, 0) is 6.54 Å². The van der Waals surface area contributed by atoms with E-state index < -0.39 is 0 Å². The van der Waals surface area contributed by atoms with Crippen molar-refractivity contribution in [1.82, 2.24) is 14.5 Å². The van der Waals surface area contributed by atoms with E-state index in [-0.39, 0.29) is 5.91 Å². The van der Waals surface area contributed by atoms with Crippen LogP contribution in [-0.4, -0.2) is 40.0 Å². The molecule has 0 saturated heterocycles. The first-order valence-electron chi connectivity index (χ1n) is 11.9. The highest BCUT2D eigenvalue weighted by Crippen LogP contribution is 2.25. The van der Waals surface area contributed by atoms with Gasteiger partial charge in [-0.2, -0.15) is 0 Å². The van der Waals surface area contributed by atoms with Crippen LogP contribution in [0, 0.1) is 6.92 Å². The average molecular weight is 455 g/mol. The molecular formula is C28H30N4O2. The maximum Gasteiger partial charge on any atom is 0.291 e. The predicted molar refractivity (Wildman–Crippen MR) is 136 cm³/mol. The molecule has 5 rings (SSSR count). The molecule has 0 saturated carbocycles. The van der Waals surface area contributed by atoms with E-state index in [1.807, 2.05) is 18.5 Å². The number of benzene rings is 2. The second kappa shape index (κ2) is 10.1. The van der Waals surface area contributed by atoms with Gasteiger partial charge in [0.25, 0.3) is 5.91 Å². The summed E-state index contributed by atoms with van der Waals surface area (Å²) in [5.74, 6) is 0.0374. The number of nitrogens with one attached hydrogen (secondary N) is 1. The van der Waals surface area contributed by atoms with Crippen LogP contribution in [0.1, 0.15) is 40.9 Å². The minimum Gasteiger partial charge on any atom is -0.459 e. The van der Waals surface area contributed by atoms with Gasteiger partial charge in [-0.25, -0.2) is 4.98 Å². The van der Waals surface area contributed by atoms with Gasteiger partial charge in [0.2, 0.25) is 0 Å². The summed E-state index contributed by atoms with van der Waals surface area (Å²) in [7, 11) is 0. The first-order chi connectivity index (χ1) is 16.7. The molecular weight excluding hydrogens is 424 g/mol. The van der Waals surface area contributed by atoms with Gasteiger partial charge >= 0.3 is 0 Å². The number of rotatable bonds is 8. The summed E-state index contributed by atoms with van der Waals surface area (Å²) in [5.41, 5.74) is 6.67. The zero-order valence-corrected chi connectivity index (χ0v) is 19.5. The van der Waals surface area contributed by atoms with Crippen LogP contribution in [0.2, 0.25) is 0 Å². The average Bonchev–Trinajstić information content (AvgIpc) is 3.54. The van der Waals surface area contributed by atoms with Crippen LogP contribution < -0.4 is 5.32 Å². The van der Waals surface area contributed by atoms with Gasteiger partial charge in [-0.15, -0.1) is 0 Å². The molecule has 6 nitrogen and oxygen atoms in total. The number of carbonyl (C=O) groups excluding carboxylic acids is 1. The lowest BCUT2D eigenvalue weighted by atomic mass is 9.99. The van der Waals surface area contributed by atoms with Crippen molar-refractivity contribution < 1.29 is 9.21 Å². The molecule has 1 amide bonds. The van der Waals surface area contributed by atoms with E-state index in [0.29, 0.717) is 5.76 Å². The fourth-order valence-electron chi connectivity index (χ4n) is 4.71. The Bertz CT molecular complexity index is 1290. The predicted octanol–water partition coefficient (Wildman–Crippen LogP) is 5.76. The molecule has 4 aromatic rings. The van der Waals surface area contributed by atoms with Crippen molar-refractivity contribution in [2.24, 2.45) is 0 Å². The third-order valence-electron chi connectivity index (χ3n) is 6.47. The number of amides is 1. The number of nitrogens with zero attached hydrogens (tertiary/aromatic N) is 3. The number of hydrogen-bond acceptors (Lipinski definition) is 4. The number of fused-ring (bicyclic) bond motifs is 1. The Kier molecular flexibility index (Phi) is 6.58. The molecule has 2 aromatic carbocycles. The molecule has 3 heterocycles. The summed E-state index contributed by atoms with van der Waals surface area (Å²) in [4.78, 5) is 19.4. The topological polar surface area (TPSA) is 63.3 Å². The molecule has 1 N–H and O–H groups in total. The first-order valence-corrected chi connectivity index (χ1v) is 11.9. The molecule has 1 aliphatic heterocycles. The third kappa shape index (κ3) is 4.97. The highest BCUT2D eigenvalue weighted by atomic mass is 16.3. The van der Waals surface area contributed by atoms with Gasteiger partial charge in [0, 0.05) is 25.3 Å². The van der Waals surface area contributed by atoms with E-state index in [2.05, 4.69) is 63.1 Å². The molecule has 34 heavy (non-hydrogen) atoms. The molecule has 1 aliphatic rings. The lowest BCUT2D eigenvalue weighted by molar-refractivity contribution is 0.0996. The smallest absolute Gasteiger partial charge is 0.291 e. The van der Waals surface area contributed by atoms with Gasteiger partial charge in [0.1, 0.15) is 0 Å². The van der Waals surface area contributed by atoms with Crippen molar-refractivity contribution in [2.45, 2.75) is 32.7 Å². The van der Waals surface area contributed by atoms with Crippen molar-refractivity contribution in [3.8, 4) is 0 Å². The lowest BCUT2D eigenvalue weighted by Crippen LogP contribution is -2.29. The van der Waals surface area contributed by atoms with E-state index in [9.17, 15) is 4.79 Å². The molecule has 174 valence electrons. The summed E-state index contributed by atoms with van der Waals surface area (Å²) in [5, 5.41) is 2.90. The number of furan rings is 1. The normalized spacial score (nSPS) is 14.3. The summed E-state index contributed by atoms with van der Waals surface area (Å²) >= 11 is 0. The summed E-state index contributed by atoms with van der Waals surface area (Å²) in [6, 6.07) is 18.0. The van der Waals surface area contributed by atoms with Crippen LogP contribution in [0.5, 0.6) is 0 Å². The van der Waals surface area contributed by atoms with Crippen LogP contribution in [0.25, 0.3) is 16.6 Å². The van der Waals surface area contributed by atoms with Gasteiger partial charge < -0.3 is 14.3 Å². The molecule has 0 aliphatic carbocycles. The number of hydrogen-bond donors (Lipinski definition) is 1. The Morgan fingerprint density at radius 1 is 1.09 bits per heavy atom. The zero-order chi connectivity index (χ0) is 23.3. The van der Waals surface area contributed by atoms with Gasteiger partial charge in [0.05, 0.1) is 23.6 Å². The van der Waals surface area contributed by atoms with Crippen molar-refractivity contribution in [3.05, 3.63) is 90.2 Å². The van der Waals surface area contributed by atoms with Crippen LogP contribution in [0.3, 0.4) is 0 Å². The van der Waals surface area contributed by atoms with Gasteiger partial charge in [-0.1, -0.05) is 36.4 Å². The van der Waals surface area contributed by atoms with E-state index >= 15 is 0 Å². The largest absolute Gasteiger partial charge is 0.459 e. The highest BCUT2D eigenvalue weighted by Gasteiger charge is 2.14. The molecule has 6 heteroatoms. The summed E-state index contributed by atoms with van der Waals surface area (Å²) in [6.45, 7) is 6.28. The molecule has 0 spiro atoms. The van der Waals surface area contributed by atoms with Crippen molar-refractivity contribution in [2.75, 3.05) is 25.0 Å². The molecule has 2 aromatic heterocycles. The van der Waals surface area contributed by atoms with Gasteiger partial charge in [0.15, 0.2) is 5.76 Å². The first kappa shape index (κ1) is 22.2. The molecule has 0 radical (unpaired) electrons. The highest BCUT2D eigenvalue weighted by molar-refractivity contribution is 6.03. The zero-order valence-electron chi connectivity index (χ0n) is 19.5. The summed E-state index contributed by atoms with van der Waals surface area (Å²) in [6.07, 6.45) is 9.17. The summed E-state index contributed by atoms with van der Waals surface area (Å²) < 4.78 is 7.40. The minimum absolute atomic E-state index is 0.258. The maximum absolute atomic E-state index is 12.3. The SMILES string of the molecule is Cc1cc(NC(=O)c2ccco2)cc2ncn(CCCCN3CC=C(c4ccccc4)CC3)c12. The Labute approximate surface area is 199 Å². The van der Waals surface area contributed by atoms with Crippen LogP contribution in [0.15, 0.2) is 77.7 Å². The number of aryl methyl sites for hydroxylation is 2. The number of aromatic nitrogens is 2. The molecule has 0 atom stereocenters. The van der Waals surface area contributed by atoms with E-state index in [1.54, 1.807) is 12.1 Å². The van der Waals surface area contributed by atoms with E-state index in [4.69, 9.17) is 4.42 Å². The molecule has 0 fully saturated rings. The standard InChI is InChI=1S/C28H30N4O2/c1-21-18-24(30-28(33)26-10-7-17-34-26)19-25-27(21)32(20-29-25)14-6-5-13-31-15-11-23(12-16-31)22-8-3-2-4-9-22/h2-4,7-11,17-20H,5-6,12-16H2,1H3,(H,30,33). The number of imidazole rings is 1. The third-order valence-corrected chi connectivity index (χ3v) is 6.47. The van der Waals surface area contributed by atoms with Crippen LogP contribution in [0.4, 0.5) is 5.69 Å². The van der Waals surface area contributed by atoms with Gasteiger partial charge in [-0.05, 0) is 73.7 Å². The second-order valence-electron chi connectivity index (χ2n) is 8.88. The van der Waals surface area contributed by atoms with E-state index in [1.165, 1.54) is 17.4 Å². The molecule has 0 unspecified atom stereocenters. The number of carbonyl (C=O) groups is 1. The van der Waals surface area contributed by atoms with Crippen molar-refractivity contribution in [3.63, 3.8) is 0 Å².